The van der Waals surface area contributed by atoms with E-state index in [4.69, 9.17) is 0 Å². The van der Waals surface area contributed by atoms with E-state index in [1.165, 1.54) is 40.6 Å². The highest BCUT2D eigenvalue weighted by atomic mass is 127. The molecule has 0 aromatic heterocycles. The van der Waals surface area contributed by atoms with Crippen molar-refractivity contribution in [3.05, 3.63) is 42.0 Å². The molecule has 0 spiro atoms. The Hall–Kier alpha value is -0.900. The van der Waals surface area contributed by atoms with Crippen LogP contribution in [0.2, 0.25) is 0 Å². The average molecular weight is 393 g/mol. The van der Waals surface area contributed by atoms with E-state index in [1.54, 1.807) is 0 Å². The monoisotopic (exact) mass is 393 g/mol. The van der Waals surface area contributed by atoms with E-state index < -0.39 is 0 Å². The maximum absolute atomic E-state index is 2.56. The van der Waals surface area contributed by atoms with Gasteiger partial charge >= 0.3 is 0 Å². The minimum atomic E-state index is 0. The zero-order chi connectivity index (χ0) is 14.3. The van der Waals surface area contributed by atoms with Crippen molar-refractivity contribution in [1.29, 1.82) is 0 Å². The summed E-state index contributed by atoms with van der Waals surface area (Å²) < 4.78 is 2.56. The maximum Gasteiger partial charge on any atom is 0.217 e. The Bertz CT molecular complexity index is 698. The largest absolute Gasteiger partial charge is 1.00 e. The molecular formula is C19H24IN. The molecule has 1 aliphatic rings. The van der Waals surface area contributed by atoms with E-state index in [9.17, 15) is 0 Å². The highest BCUT2D eigenvalue weighted by Crippen LogP contribution is 2.43. The third kappa shape index (κ3) is 2.52. The van der Waals surface area contributed by atoms with Crippen LogP contribution < -0.4 is 24.0 Å². The summed E-state index contributed by atoms with van der Waals surface area (Å²) in [6, 6.07) is 13.4. The summed E-state index contributed by atoms with van der Waals surface area (Å²) in [6.07, 6.45) is 2.49. The lowest BCUT2D eigenvalue weighted by molar-refractivity contribution is -0.438. The standard InChI is InChI=1S/C19H24N.HI/c1-5-6-13-20-14(2)19(3,4)17-12-11-15-9-7-8-10-16(15)18(17)20;/h7-12H,5-6,13H2,1-4H3;1H/q+1;/p-1. The number of halogens is 1. The smallest absolute Gasteiger partial charge is 0.217 e. The van der Waals surface area contributed by atoms with Gasteiger partial charge in [-0.15, -0.1) is 0 Å². The predicted octanol–water partition coefficient (Wildman–Crippen LogP) is 2.04. The minimum Gasteiger partial charge on any atom is -1.00 e. The molecule has 2 heteroatoms. The zero-order valence-electron chi connectivity index (χ0n) is 13.4. The van der Waals surface area contributed by atoms with Gasteiger partial charge in [-0.05, 0) is 25.3 Å². The Labute approximate surface area is 145 Å². The highest BCUT2D eigenvalue weighted by molar-refractivity contribution is 6.01. The summed E-state index contributed by atoms with van der Waals surface area (Å²) in [5.41, 5.74) is 4.55. The topological polar surface area (TPSA) is 3.01 Å². The lowest BCUT2D eigenvalue weighted by Gasteiger charge is -2.15. The fraction of sp³-hybridized carbons (Fsp3) is 0.421. The van der Waals surface area contributed by atoms with E-state index in [-0.39, 0.29) is 29.4 Å². The van der Waals surface area contributed by atoms with E-state index >= 15 is 0 Å². The van der Waals surface area contributed by atoms with Gasteiger partial charge in [0.1, 0.15) is 6.54 Å². The van der Waals surface area contributed by atoms with Gasteiger partial charge in [0.05, 0.1) is 10.8 Å². The third-order valence-electron chi connectivity index (χ3n) is 4.89. The molecule has 0 atom stereocenters. The molecule has 21 heavy (non-hydrogen) atoms. The van der Waals surface area contributed by atoms with Crippen molar-refractivity contribution < 1.29 is 28.6 Å². The van der Waals surface area contributed by atoms with Crippen molar-refractivity contribution in [3.63, 3.8) is 0 Å². The number of fused-ring (bicyclic) bond motifs is 3. The summed E-state index contributed by atoms with van der Waals surface area (Å²) >= 11 is 0. The molecule has 2 aromatic carbocycles. The van der Waals surface area contributed by atoms with E-state index in [2.05, 4.69) is 68.7 Å². The van der Waals surface area contributed by atoms with Crippen LogP contribution in [0.1, 0.15) is 46.1 Å². The van der Waals surface area contributed by atoms with Gasteiger partial charge in [0.2, 0.25) is 5.69 Å². The first-order valence-electron chi connectivity index (χ1n) is 7.71. The van der Waals surface area contributed by atoms with E-state index in [0.29, 0.717) is 0 Å². The van der Waals surface area contributed by atoms with Crippen LogP contribution in [0.3, 0.4) is 0 Å². The van der Waals surface area contributed by atoms with Crippen molar-refractivity contribution >= 4 is 22.2 Å². The van der Waals surface area contributed by atoms with Crippen molar-refractivity contribution in [2.75, 3.05) is 6.54 Å². The van der Waals surface area contributed by atoms with Gasteiger partial charge in [-0.2, -0.15) is 4.58 Å². The van der Waals surface area contributed by atoms with Crippen LogP contribution in [0.15, 0.2) is 36.4 Å². The molecular weight excluding hydrogens is 369 g/mol. The molecule has 0 aliphatic carbocycles. The van der Waals surface area contributed by atoms with E-state index in [0.717, 1.165) is 6.54 Å². The first-order chi connectivity index (χ1) is 9.57. The normalized spacial score (nSPS) is 16.0. The first-order valence-corrected chi connectivity index (χ1v) is 7.71. The SMILES string of the molecule is CCCC[N+]1=C(C)C(C)(C)c2ccc3ccccc3c21.[I-]. The third-order valence-corrected chi connectivity index (χ3v) is 4.89. The molecule has 0 bridgehead atoms. The van der Waals surface area contributed by atoms with Gasteiger partial charge in [0.25, 0.3) is 0 Å². The van der Waals surface area contributed by atoms with Gasteiger partial charge in [-0.25, -0.2) is 0 Å². The van der Waals surface area contributed by atoms with E-state index in [1.807, 2.05) is 0 Å². The van der Waals surface area contributed by atoms with Crippen LogP contribution in [0.5, 0.6) is 0 Å². The van der Waals surface area contributed by atoms with Crippen molar-refractivity contribution in [2.24, 2.45) is 0 Å². The predicted molar refractivity (Wildman–Crippen MR) is 87.4 cm³/mol. The number of hydrogen-bond acceptors (Lipinski definition) is 0. The number of hydrogen-bond donors (Lipinski definition) is 0. The molecule has 0 saturated heterocycles. The van der Waals surface area contributed by atoms with Crippen LogP contribution in [0.4, 0.5) is 5.69 Å². The summed E-state index contributed by atoms with van der Waals surface area (Å²) in [5, 5.41) is 2.74. The maximum atomic E-state index is 2.56. The molecule has 0 amide bonds. The van der Waals surface area contributed by atoms with Crippen molar-refractivity contribution in [3.8, 4) is 0 Å². The second-order valence-corrected chi connectivity index (χ2v) is 6.40. The van der Waals surface area contributed by atoms with Crippen molar-refractivity contribution in [2.45, 2.75) is 46.0 Å². The summed E-state index contributed by atoms with van der Waals surface area (Å²) in [6.45, 7) is 10.4. The van der Waals surface area contributed by atoms with Crippen LogP contribution >= 0.6 is 0 Å². The first kappa shape index (κ1) is 16.5. The Morgan fingerprint density at radius 2 is 1.76 bits per heavy atom. The van der Waals surface area contributed by atoms with Crippen LogP contribution in [-0.4, -0.2) is 16.8 Å². The summed E-state index contributed by atoms with van der Waals surface area (Å²) in [7, 11) is 0. The van der Waals surface area contributed by atoms with Crippen LogP contribution in [-0.2, 0) is 5.41 Å². The average Bonchev–Trinajstić information content (AvgIpc) is 2.65. The highest BCUT2D eigenvalue weighted by Gasteiger charge is 2.43. The van der Waals surface area contributed by atoms with Crippen LogP contribution in [0, 0.1) is 0 Å². The zero-order valence-corrected chi connectivity index (χ0v) is 15.6. The summed E-state index contributed by atoms with van der Waals surface area (Å²) in [4.78, 5) is 0. The molecule has 1 nitrogen and oxygen atoms in total. The molecule has 3 rings (SSSR count). The fourth-order valence-electron chi connectivity index (χ4n) is 3.35. The quantitative estimate of drug-likeness (QED) is 0.555. The molecule has 112 valence electrons. The number of benzene rings is 2. The second-order valence-electron chi connectivity index (χ2n) is 6.40. The molecule has 0 N–H and O–H groups in total. The summed E-state index contributed by atoms with van der Waals surface area (Å²) in [5.74, 6) is 0. The number of unbranched alkanes of at least 4 members (excludes halogenated alkanes) is 1. The lowest BCUT2D eigenvalue weighted by Crippen LogP contribution is -3.00. The van der Waals surface area contributed by atoms with Gasteiger partial charge in [0, 0.05) is 18.9 Å². The Morgan fingerprint density at radius 1 is 1.05 bits per heavy atom. The molecule has 1 aliphatic heterocycles. The lowest BCUT2D eigenvalue weighted by atomic mass is 9.81. The van der Waals surface area contributed by atoms with Gasteiger partial charge in [-0.1, -0.05) is 43.7 Å². The number of nitrogens with zero attached hydrogens (tertiary/aromatic N) is 1. The van der Waals surface area contributed by atoms with Crippen molar-refractivity contribution in [1.82, 2.24) is 0 Å². The molecule has 0 fully saturated rings. The fourth-order valence-corrected chi connectivity index (χ4v) is 3.35. The molecule has 0 radical (unpaired) electrons. The number of rotatable bonds is 3. The van der Waals surface area contributed by atoms with Gasteiger partial charge < -0.3 is 24.0 Å². The minimum absolute atomic E-state index is 0. The second kappa shape index (κ2) is 6.07. The Morgan fingerprint density at radius 3 is 2.48 bits per heavy atom. The van der Waals surface area contributed by atoms with Gasteiger partial charge in [-0.3, -0.25) is 0 Å². The molecule has 1 heterocycles. The van der Waals surface area contributed by atoms with Crippen LogP contribution in [0.25, 0.3) is 10.8 Å². The molecule has 0 unspecified atom stereocenters. The Kier molecular flexibility index (Phi) is 4.76. The Balaban J connectivity index is 0.00000161. The van der Waals surface area contributed by atoms with Gasteiger partial charge in [0.15, 0.2) is 5.71 Å². The molecule has 2 aromatic rings. The molecule has 0 saturated carbocycles.